The number of rotatable bonds is 2. The molecule has 5 heteroatoms. The molecule has 1 aliphatic rings. The van der Waals surface area contributed by atoms with Crippen LogP contribution in [0.1, 0.15) is 6.42 Å². The first-order valence-electron chi connectivity index (χ1n) is 3.43. The second kappa shape index (κ2) is 3.17. The van der Waals surface area contributed by atoms with Crippen LogP contribution in [-0.4, -0.2) is 46.1 Å². The van der Waals surface area contributed by atoms with E-state index in [9.17, 15) is 4.79 Å². The van der Waals surface area contributed by atoms with Gasteiger partial charge in [0.1, 0.15) is 6.04 Å². The molecule has 0 bridgehead atoms. The number of aliphatic hydroxyl groups excluding tert-OH is 2. The maximum atomic E-state index is 10.4. The molecule has 11 heavy (non-hydrogen) atoms. The molecule has 1 heterocycles. The van der Waals surface area contributed by atoms with E-state index in [1.54, 1.807) is 0 Å². The van der Waals surface area contributed by atoms with Crippen molar-refractivity contribution in [3.8, 4) is 0 Å². The molecule has 64 valence electrons. The van der Waals surface area contributed by atoms with Gasteiger partial charge in [0.25, 0.3) is 0 Å². The van der Waals surface area contributed by atoms with Crippen LogP contribution in [0.2, 0.25) is 0 Å². The molecule has 0 aromatic rings. The Labute approximate surface area is 63.7 Å². The molecule has 1 fully saturated rings. The van der Waals surface area contributed by atoms with E-state index in [-0.39, 0.29) is 13.0 Å². The van der Waals surface area contributed by atoms with Crippen molar-refractivity contribution in [2.75, 3.05) is 6.61 Å². The predicted molar refractivity (Wildman–Crippen MR) is 36.1 cm³/mol. The molecule has 0 aromatic heterocycles. The van der Waals surface area contributed by atoms with Crippen molar-refractivity contribution < 1.29 is 20.1 Å². The lowest BCUT2D eigenvalue weighted by Gasteiger charge is -2.09. The van der Waals surface area contributed by atoms with Crippen LogP contribution in [0.5, 0.6) is 0 Å². The van der Waals surface area contributed by atoms with E-state index in [0.717, 1.165) is 0 Å². The fraction of sp³-hybridized carbons (Fsp3) is 0.833. The lowest BCUT2D eigenvalue weighted by atomic mass is 10.1. The number of hydrogen-bond acceptors (Lipinski definition) is 4. The van der Waals surface area contributed by atoms with E-state index in [4.69, 9.17) is 15.3 Å². The number of aliphatic carboxylic acids is 1. The Morgan fingerprint density at radius 1 is 1.64 bits per heavy atom. The van der Waals surface area contributed by atoms with Gasteiger partial charge in [-0.15, -0.1) is 0 Å². The molecule has 3 atom stereocenters. The topological polar surface area (TPSA) is 89.8 Å². The molecule has 0 spiro atoms. The molecular formula is C6H11NO4. The zero-order valence-electron chi connectivity index (χ0n) is 5.90. The first-order valence-corrected chi connectivity index (χ1v) is 3.43. The molecular weight excluding hydrogens is 150 g/mol. The Kier molecular flexibility index (Phi) is 2.43. The van der Waals surface area contributed by atoms with E-state index < -0.39 is 24.2 Å². The Balaban J connectivity index is 2.49. The normalized spacial score (nSPS) is 37.5. The molecule has 1 aliphatic heterocycles. The summed E-state index contributed by atoms with van der Waals surface area (Å²) >= 11 is 0. The van der Waals surface area contributed by atoms with Crippen LogP contribution in [0.4, 0.5) is 0 Å². The van der Waals surface area contributed by atoms with Crippen LogP contribution in [0, 0.1) is 0 Å². The molecule has 1 rings (SSSR count). The summed E-state index contributed by atoms with van der Waals surface area (Å²) in [5.74, 6) is -0.986. The third kappa shape index (κ3) is 1.68. The van der Waals surface area contributed by atoms with Gasteiger partial charge in [0.05, 0.1) is 18.8 Å². The van der Waals surface area contributed by atoms with Crippen molar-refractivity contribution in [3.05, 3.63) is 0 Å². The van der Waals surface area contributed by atoms with Crippen molar-refractivity contribution in [1.82, 2.24) is 5.32 Å². The van der Waals surface area contributed by atoms with Gasteiger partial charge in [-0.3, -0.25) is 10.1 Å². The van der Waals surface area contributed by atoms with Crippen LogP contribution in [-0.2, 0) is 4.79 Å². The average Bonchev–Trinajstić information content (AvgIpc) is 2.31. The van der Waals surface area contributed by atoms with Gasteiger partial charge >= 0.3 is 5.97 Å². The van der Waals surface area contributed by atoms with Crippen molar-refractivity contribution in [1.29, 1.82) is 0 Å². The zero-order valence-corrected chi connectivity index (χ0v) is 5.90. The Morgan fingerprint density at radius 3 is 2.55 bits per heavy atom. The molecule has 0 aromatic carbocycles. The van der Waals surface area contributed by atoms with Gasteiger partial charge < -0.3 is 15.3 Å². The molecule has 0 radical (unpaired) electrons. The van der Waals surface area contributed by atoms with Crippen molar-refractivity contribution >= 4 is 5.97 Å². The maximum Gasteiger partial charge on any atom is 0.320 e. The van der Waals surface area contributed by atoms with Gasteiger partial charge in [-0.2, -0.15) is 0 Å². The summed E-state index contributed by atoms with van der Waals surface area (Å²) in [6.45, 7) is -0.231. The highest BCUT2D eigenvalue weighted by Gasteiger charge is 2.35. The molecule has 0 aliphatic carbocycles. The van der Waals surface area contributed by atoms with Crippen molar-refractivity contribution in [2.45, 2.75) is 24.6 Å². The number of aliphatic hydroxyl groups is 2. The van der Waals surface area contributed by atoms with E-state index in [0.29, 0.717) is 0 Å². The van der Waals surface area contributed by atoms with Gasteiger partial charge in [-0.1, -0.05) is 0 Å². The van der Waals surface area contributed by atoms with Gasteiger partial charge in [0, 0.05) is 6.42 Å². The Hall–Kier alpha value is -0.650. The fourth-order valence-corrected chi connectivity index (χ4v) is 1.19. The molecule has 5 nitrogen and oxygen atoms in total. The summed E-state index contributed by atoms with van der Waals surface area (Å²) in [6, 6.07) is -1.21. The molecule has 0 saturated carbocycles. The van der Waals surface area contributed by atoms with E-state index in [1.807, 2.05) is 0 Å². The summed E-state index contributed by atoms with van der Waals surface area (Å²) in [6.07, 6.45) is -0.582. The largest absolute Gasteiger partial charge is 0.480 e. The molecule has 0 amide bonds. The van der Waals surface area contributed by atoms with Crippen molar-refractivity contribution in [3.63, 3.8) is 0 Å². The molecule has 0 unspecified atom stereocenters. The highest BCUT2D eigenvalue weighted by atomic mass is 16.4. The summed E-state index contributed by atoms with van der Waals surface area (Å²) in [7, 11) is 0. The van der Waals surface area contributed by atoms with Crippen LogP contribution in [0.3, 0.4) is 0 Å². The zero-order chi connectivity index (χ0) is 8.43. The lowest BCUT2D eigenvalue weighted by molar-refractivity contribution is -0.139. The van der Waals surface area contributed by atoms with Gasteiger partial charge in [0.2, 0.25) is 0 Å². The predicted octanol–water partition coefficient (Wildman–Crippen LogP) is -1.85. The van der Waals surface area contributed by atoms with Gasteiger partial charge in [-0.05, 0) is 0 Å². The summed E-state index contributed by atoms with van der Waals surface area (Å²) < 4.78 is 0. The summed E-state index contributed by atoms with van der Waals surface area (Å²) in [5.41, 5.74) is 0. The quantitative estimate of drug-likeness (QED) is 0.382. The van der Waals surface area contributed by atoms with Crippen LogP contribution >= 0.6 is 0 Å². The van der Waals surface area contributed by atoms with E-state index in [1.165, 1.54) is 0 Å². The van der Waals surface area contributed by atoms with E-state index >= 15 is 0 Å². The molecule has 4 N–H and O–H groups in total. The van der Waals surface area contributed by atoms with Gasteiger partial charge in [0.15, 0.2) is 0 Å². The van der Waals surface area contributed by atoms with Crippen molar-refractivity contribution in [2.24, 2.45) is 0 Å². The average molecular weight is 161 g/mol. The Bertz CT molecular complexity index is 161. The second-order valence-corrected chi connectivity index (χ2v) is 2.65. The van der Waals surface area contributed by atoms with Gasteiger partial charge in [-0.25, -0.2) is 0 Å². The Morgan fingerprint density at radius 2 is 2.27 bits per heavy atom. The SMILES string of the molecule is O=C(O)[C@H]1C[C@H](O)[C@H](CO)N1. The number of carbonyl (C=O) groups is 1. The monoisotopic (exact) mass is 161 g/mol. The number of carboxylic acid groups (broad SMARTS) is 1. The standard InChI is InChI=1S/C6H11NO4/c8-2-4-5(9)1-3(7-4)6(10)11/h3-5,7-9H,1-2H2,(H,10,11)/t3-,4+,5+/m1/s1. The smallest absolute Gasteiger partial charge is 0.320 e. The van der Waals surface area contributed by atoms with Crippen LogP contribution in [0.15, 0.2) is 0 Å². The highest BCUT2D eigenvalue weighted by molar-refractivity contribution is 5.74. The second-order valence-electron chi connectivity index (χ2n) is 2.65. The minimum Gasteiger partial charge on any atom is -0.480 e. The number of nitrogens with one attached hydrogen (secondary N) is 1. The fourth-order valence-electron chi connectivity index (χ4n) is 1.19. The minimum absolute atomic E-state index is 0.167. The third-order valence-corrected chi connectivity index (χ3v) is 1.85. The number of carboxylic acids is 1. The highest BCUT2D eigenvalue weighted by Crippen LogP contribution is 2.12. The van der Waals surface area contributed by atoms with Crippen LogP contribution in [0.25, 0.3) is 0 Å². The summed E-state index contributed by atoms with van der Waals surface area (Å²) in [5, 5.41) is 28.8. The minimum atomic E-state index is -0.986. The number of hydrogen-bond donors (Lipinski definition) is 4. The first-order chi connectivity index (χ1) is 5.15. The van der Waals surface area contributed by atoms with Crippen LogP contribution < -0.4 is 5.32 Å². The maximum absolute atomic E-state index is 10.4. The lowest BCUT2D eigenvalue weighted by Crippen LogP contribution is -2.39. The summed E-state index contributed by atoms with van der Waals surface area (Å²) in [4.78, 5) is 10.4. The third-order valence-electron chi connectivity index (χ3n) is 1.85. The molecule has 1 saturated heterocycles. The first kappa shape index (κ1) is 8.45. The van der Waals surface area contributed by atoms with E-state index in [2.05, 4.69) is 5.32 Å².